The van der Waals surface area contributed by atoms with Crippen molar-refractivity contribution >= 4 is 10.0 Å². The number of rotatable bonds is 12. The number of ether oxygens (including phenoxy) is 1. The van der Waals surface area contributed by atoms with E-state index in [9.17, 15) is 23.7 Å². The minimum absolute atomic E-state index is 0.0729. The number of primary sulfonamides is 1. The molecule has 1 unspecified atom stereocenters. The zero-order chi connectivity index (χ0) is 25.7. The molecule has 9 heteroatoms. The molecule has 0 saturated carbocycles. The summed E-state index contributed by atoms with van der Waals surface area (Å²) < 4.78 is 28.1. The molecule has 1 aliphatic rings. The molecule has 0 radical (unpaired) electrons. The number of hydrogen-bond acceptors (Lipinski definition) is 7. The largest absolute Gasteiger partial charge is 0.504 e. The van der Waals surface area contributed by atoms with Crippen LogP contribution in [0.3, 0.4) is 0 Å². The van der Waals surface area contributed by atoms with Crippen LogP contribution in [0.25, 0.3) is 0 Å². The second-order valence-corrected chi connectivity index (χ2v) is 10.4. The van der Waals surface area contributed by atoms with Crippen LogP contribution in [0, 0.1) is 0 Å². The Labute approximate surface area is 209 Å². The summed E-state index contributed by atoms with van der Waals surface area (Å²) in [7, 11) is -3.61. The van der Waals surface area contributed by atoms with Gasteiger partial charge in [0.1, 0.15) is 0 Å². The van der Waals surface area contributed by atoms with E-state index in [0.717, 1.165) is 82.3 Å². The van der Waals surface area contributed by atoms with Crippen LogP contribution in [0.1, 0.15) is 74.2 Å². The van der Waals surface area contributed by atoms with Crippen LogP contribution in [0.5, 0.6) is 11.5 Å². The van der Waals surface area contributed by atoms with Gasteiger partial charge in [-0.15, -0.1) is 0 Å². The maximum absolute atomic E-state index is 11.3. The quantitative estimate of drug-likeness (QED) is 0.216. The molecule has 0 aromatic heterocycles. The molecular formula is C26H40N2O6S. The maximum Gasteiger partial charge on any atom is 0.238 e. The minimum Gasteiger partial charge on any atom is -0.504 e. The van der Waals surface area contributed by atoms with Crippen molar-refractivity contribution in [1.29, 1.82) is 0 Å². The van der Waals surface area contributed by atoms with E-state index in [0.29, 0.717) is 5.56 Å². The van der Waals surface area contributed by atoms with Gasteiger partial charge in [0.15, 0.2) is 11.5 Å². The summed E-state index contributed by atoms with van der Waals surface area (Å²) in [5.74, 6) is -0.177. The third kappa shape index (κ3) is 10.1. The van der Waals surface area contributed by atoms with Crippen molar-refractivity contribution in [1.82, 2.24) is 0 Å². The van der Waals surface area contributed by atoms with E-state index in [-0.39, 0.29) is 16.4 Å². The number of nitrogens with two attached hydrogens (primary N) is 2. The molecule has 1 atom stereocenters. The third-order valence-corrected chi connectivity index (χ3v) is 6.95. The number of aliphatic hydroxyl groups excluding tert-OH is 1. The molecule has 7 N–H and O–H groups in total. The fourth-order valence-electron chi connectivity index (χ4n) is 4.06. The molecular weight excluding hydrogens is 468 g/mol. The maximum atomic E-state index is 11.3. The molecule has 0 bridgehead atoms. The van der Waals surface area contributed by atoms with Crippen LogP contribution < -0.4 is 10.9 Å². The Hall–Kier alpha value is -2.17. The summed E-state index contributed by atoms with van der Waals surface area (Å²) >= 11 is 0. The lowest BCUT2D eigenvalue weighted by molar-refractivity contribution is 0.126. The zero-order valence-electron chi connectivity index (χ0n) is 20.4. The number of phenolic OH excluding ortho intramolecular Hbond substituents is 2. The number of hydrogen-bond donors (Lipinski definition) is 5. The van der Waals surface area contributed by atoms with Crippen molar-refractivity contribution in [2.24, 2.45) is 10.9 Å². The predicted octanol–water partition coefficient (Wildman–Crippen LogP) is 3.66. The molecule has 1 aliphatic carbocycles. The summed E-state index contributed by atoms with van der Waals surface area (Å²) in [6.45, 7) is 2.34. The van der Waals surface area contributed by atoms with Crippen molar-refractivity contribution in [2.75, 3.05) is 19.8 Å². The van der Waals surface area contributed by atoms with Crippen LogP contribution in [-0.4, -0.2) is 43.5 Å². The van der Waals surface area contributed by atoms with Gasteiger partial charge in [0.2, 0.25) is 10.0 Å². The van der Waals surface area contributed by atoms with Gasteiger partial charge in [0.05, 0.1) is 11.0 Å². The fourth-order valence-corrected chi connectivity index (χ4v) is 4.64. The van der Waals surface area contributed by atoms with Crippen molar-refractivity contribution in [2.45, 2.75) is 75.2 Å². The summed E-state index contributed by atoms with van der Waals surface area (Å²) in [6.07, 6.45) is 9.16. The molecule has 3 rings (SSSR count). The van der Waals surface area contributed by atoms with E-state index >= 15 is 0 Å². The highest BCUT2D eigenvalue weighted by Crippen LogP contribution is 2.39. The minimum atomic E-state index is -3.61. The first-order valence-corrected chi connectivity index (χ1v) is 13.9. The van der Waals surface area contributed by atoms with Crippen molar-refractivity contribution in [3.63, 3.8) is 0 Å². The molecule has 0 aliphatic heterocycles. The van der Waals surface area contributed by atoms with Gasteiger partial charge < -0.3 is 25.8 Å². The molecule has 35 heavy (non-hydrogen) atoms. The monoisotopic (exact) mass is 508 g/mol. The van der Waals surface area contributed by atoms with E-state index in [1.165, 1.54) is 25.0 Å². The molecule has 0 heterocycles. The van der Waals surface area contributed by atoms with Gasteiger partial charge in [0.25, 0.3) is 0 Å². The van der Waals surface area contributed by atoms with Gasteiger partial charge in [-0.2, -0.15) is 0 Å². The Morgan fingerprint density at radius 2 is 1.69 bits per heavy atom. The molecule has 2 aromatic rings. The average Bonchev–Trinajstić information content (AvgIpc) is 2.83. The average molecular weight is 509 g/mol. The molecule has 196 valence electrons. The first kappa shape index (κ1) is 29.1. The Morgan fingerprint density at radius 3 is 2.40 bits per heavy atom. The molecule has 0 spiro atoms. The second-order valence-electron chi connectivity index (χ2n) is 8.87. The highest BCUT2D eigenvalue weighted by Gasteiger charge is 2.21. The number of aliphatic hydroxyl groups is 1. The highest BCUT2D eigenvalue weighted by atomic mass is 32.2. The van der Waals surface area contributed by atoms with Gasteiger partial charge in [-0.05, 0) is 87.2 Å². The Kier molecular flexibility index (Phi) is 12.5. The van der Waals surface area contributed by atoms with Crippen LogP contribution in [0.2, 0.25) is 0 Å². The SMILES string of the molecule is NCCCCCCOCCCCc1cccc(S(N)(=O)=O)c1.Oc1ccc2c(c1O)CCCC2O. The van der Waals surface area contributed by atoms with Crippen LogP contribution in [0.4, 0.5) is 0 Å². The lowest BCUT2D eigenvalue weighted by atomic mass is 9.88. The summed E-state index contributed by atoms with van der Waals surface area (Å²) in [6, 6.07) is 9.91. The van der Waals surface area contributed by atoms with Gasteiger partial charge in [-0.25, -0.2) is 13.6 Å². The number of phenols is 2. The third-order valence-electron chi connectivity index (χ3n) is 6.03. The molecule has 2 aromatic carbocycles. The molecule has 0 amide bonds. The normalized spacial score (nSPS) is 15.2. The number of sulfonamides is 1. The van der Waals surface area contributed by atoms with Crippen LogP contribution >= 0.6 is 0 Å². The fraction of sp³-hybridized carbons (Fsp3) is 0.538. The number of aromatic hydroxyl groups is 2. The van der Waals surface area contributed by atoms with Gasteiger partial charge in [-0.3, -0.25) is 0 Å². The predicted molar refractivity (Wildman–Crippen MR) is 137 cm³/mol. The van der Waals surface area contributed by atoms with E-state index in [1.54, 1.807) is 18.2 Å². The number of unbranched alkanes of at least 4 members (excludes halogenated alkanes) is 4. The summed E-state index contributed by atoms with van der Waals surface area (Å²) in [4.78, 5) is 0.179. The van der Waals surface area contributed by atoms with E-state index in [1.807, 2.05) is 6.07 Å². The Balaban J connectivity index is 0.000000279. The first-order chi connectivity index (χ1) is 16.7. The van der Waals surface area contributed by atoms with Crippen molar-refractivity contribution < 1.29 is 28.5 Å². The second kappa shape index (κ2) is 15.1. The zero-order valence-corrected chi connectivity index (χ0v) is 21.2. The van der Waals surface area contributed by atoms with Crippen LogP contribution in [0.15, 0.2) is 41.3 Å². The van der Waals surface area contributed by atoms with Crippen molar-refractivity contribution in [3.05, 3.63) is 53.1 Å². The standard InChI is InChI=1S/C16H28N2O3S.C10H12O3/c17-11-4-1-2-5-12-21-13-6-3-8-15-9-7-10-16(14-15)22(18,19)20;11-8-3-1-2-7-6(8)4-5-9(12)10(7)13/h7,9-10,14H,1-6,8,11-13,17H2,(H2,18,19,20);4-5,8,11-13H,1-3H2. The Morgan fingerprint density at radius 1 is 0.971 bits per heavy atom. The van der Waals surface area contributed by atoms with E-state index < -0.39 is 16.1 Å². The highest BCUT2D eigenvalue weighted by molar-refractivity contribution is 7.89. The summed E-state index contributed by atoms with van der Waals surface area (Å²) in [5.41, 5.74) is 7.87. The van der Waals surface area contributed by atoms with Gasteiger partial charge >= 0.3 is 0 Å². The molecule has 0 fully saturated rings. The molecule has 0 saturated heterocycles. The number of aryl methyl sites for hydroxylation is 1. The number of fused-ring (bicyclic) bond motifs is 1. The smallest absolute Gasteiger partial charge is 0.238 e. The van der Waals surface area contributed by atoms with Crippen LogP contribution in [-0.2, 0) is 27.6 Å². The van der Waals surface area contributed by atoms with Gasteiger partial charge in [-0.1, -0.05) is 31.0 Å². The topological polar surface area (TPSA) is 156 Å². The number of benzene rings is 2. The van der Waals surface area contributed by atoms with E-state index in [4.69, 9.17) is 15.6 Å². The van der Waals surface area contributed by atoms with Gasteiger partial charge in [0, 0.05) is 18.8 Å². The lowest BCUT2D eigenvalue weighted by Gasteiger charge is -2.22. The van der Waals surface area contributed by atoms with Crippen molar-refractivity contribution in [3.8, 4) is 11.5 Å². The Bertz CT molecular complexity index is 1010. The summed E-state index contributed by atoms with van der Waals surface area (Å²) in [5, 5.41) is 33.4. The molecule has 8 nitrogen and oxygen atoms in total. The first-order valence-electron chi connectivity index (χ1n) is 12.4. The lowest BCUT2D eigenvalue weighted by Crippen LogP contribution is -2.12. The van der Waals surface area contributed by atoms with E-state index in [2.05, 4.69) is 0 Å².